The second kappa shape index (κ2) is 2.77. The second-order valence-electron chi connectivity index (χ2n) is 2.71. The lowest BCUT2D eigenvalue weighted by Gasteiger charge is -2.27. The first-order valence-electron chi connectivity index (χ1n) is 2.65. The Kier molecular flexibility index (Phi) is 2.89. The molecule has 0 aromatic heterocycles. The van der Waals surface area contributed by atoms with Gasteiger partial charge in [0.15, 0.2) is 0 Å². The highest BCUT2D eigenvalue weighted by Crippen LogP contribution is 2.21. The largest absolute Gasteiger partial charge is 0.310 e. The number of hydrogen-bond donors (Lipinski definition) is 1. The van der Waals surface area contributed by atoms with Gasteiger partial charge in [0.2, 0.25) is 0 Å². The van der Waals surface area contributed by atoms with E-state index in [4.69, 9.17) is 5.21 Å². The van der Waals surface area contributed by atoms with Crippen LogP contribution in [0, 0.1) is 0 Å². The van der Waals surface area contributed by atoms with E-state index in [9.17, 15) is 0 Å². The van der Waals surface area contributed by atoms with Gasteiger partial charge in [0, 0.05) is 5.54 Å². The number of hydroxylamine groups is 1. The highest BCUT2D eigenvalue weighted by molar-refractivity contribution is 7.34. The van der Waals surface area contributed by atoms with Crippen LogP contribution in [-0.2, 0) is 0 Å². The Balaban J connectivity index is 3.62. The van der Waals surface area contributed by atoms with E-state index in [0.29, 0.717) is 8.73 Å². The summed E-state index contributed by atoms with van der Waals surface area (Å²) in [7, 11) is 0.472. The molecule has 2 nitrogen and oxygen atoms in total. The summed E-state index contributed by atoms with van der Waals surface area (Å²) < 4.78 is 0. The van der Waals surface area contributed by atoms with Crippen molar-refractivity contribution in [2.45, 2.75) is 26.3 Å². The van der Waals surface area contributed by atoms with E-state index in [0.717, 1.165) is 0 Å². The van der Waals surface area contributed by atoms with Crippen molar-refractivity contribution in [3.63, 3.8) is 0 Å². The van der Waals surface area contributed by atoms with Gasteiger partial charge in [-0.2, -0.15) is 4.83 Å². The lowest BCUT2D eigenvalue weighted by molar-refractivity contribution is -0.0595. The molecule has 0 aromatic rings. The summed E-state index contributed by atoms with van der Waals surface area (Å²) >= 11 is 0. The Morgan fingerprint density at radius 3 is 1.75 bits per heavy atom. The van der Waals surface area contributed by atoms with Gasteiger partial charge in [-0.3, -0.25) is 0 Å². The van der Waals surface area contributed by atoms with Crippen molar-refractivity contribution in [1.82, 2.24) is 4.83 Å². The van der Waals surface area contributed by atoms with Crippen LogP contribution in [-0.4, -0.2) is 22.2 Å². The summed E-state index contributed by atoms with van der Waals surface area (Å²) in [6, 6.07) is 0. The Morgan fingerprint density at radius 1 is 1.38 bits per heavy atom. The minimum atomic E-state index is -0.0901. The van der Waals surface area contributed by atoms with E-state index in [1.807, 2.05) is 27.4 Å². The fourth-order valence-electron chi connectivity index (χ4n) is 0.335. The van der Waals surface area contributed by atoms with Gasteiger partial charge < -0.3 is 5.21 Å². The first-order chi connectivity index (χ1) is 3.48. The zero-order valence-corrected chi connectivity index (χ0v) is 6.89. The SMILES string of the molecule is CPN(O)C(C)(C)C. The van der Waals surface area contributed by atoms with Crippen molar-refractivity contribution in [3.8, 4) is 0 Å². The molecule has 0 rings (SSSR count). The summed E-state index contributed by atoms with van der Waals surface area (Å²) in [5.74, 6) is 0. The molecule has 0 aliphatic carbocycles. The van der Waals surface area contributed by atoms with E-state index in [1.165, 1.54) is 4.83 Å². The van der Waals surface area contributed by atoms with Crippen LogP contribution in [0.15, 0.2) is 0 Å². The summed E-state index contributed by atoms with van der Waals surface area (Å²) in [5, 5.41) is 9.04. The smallest absolute Gasteiger partial charge is 0.0413 e. The van der Waals surface area contributed by atoms with Gasteiger partial charge in [0.1, 0.15) is 0 Å². The van der Waals surface area contributed by atoms with Crippen molar-refractivity contribution in [3.05, 3.63) is 0 Å². The van der Waals surface area contributed by atoms with Gasteiger partial charge in [0.05, 0.1) is 0 Å². The molecule has 0 radical (unpaired) electrons. The van der Waals surface area contributed by atoms with Gasteiger partial charge in [-0.05, 0) is 36.2 Å². The van der Waals surface area contributed by atoms with E-state index in [-0.39, 0.29) is 5.54 Å². The molecule has 0 aliphatic rings. The molecule has 0 spiro atoms. The molecule has 0 amide bonds. The third-order valence-corrected chi connectivity index (χ3v) is 1.94. The third-order valence-electron chi connectivity index (χ3n) is 0.847. The highest BCUT2D eigenvalue weighted by Gasteiger charge is 2.16. The highest BCUT2D eigenvalue weighted by atomic mass is 31.1. The normalized spacial score (nSPS) is 14.2. The molecular formula is C5H14NOP. The quantitative estimate of drug-likeness (QED) is 0.437. The van der Waals surface area contributed by atoms with Crippen molar-refractivity contribution in [2.75, 3.05) is 6.66 Å². The first kappa shape index (κ1) is 8.35. The van der Waals surface area contributed by atoms with Crippen molar-refractivity contribution in [2.24, 2.45) is 0 Å². The second-order valence-corrected chi connectivity index (χ2v) is 3.58. The van der Waals surface area contributed by atoms with E-state index < -0.39 is 0 Å². The van der Waals surface area contributed by atoms with Crippen LogP contribution in [0.4, 0.5) is 0 Å². The van der Waals surface area contributed by atoms with E-state index in [1.54, 1.807) is 0 Å². The van der Waals surface area contributed by atoms with Crippen LogP contribution in [0.3, 0.4) is 0 Å². The molecule has 0 fully saturated rings. The van der Waals surface area contributed by atoms with Gasteiger partial charge >= 0.3 is 0 Å². The Labute approximate surface area is 52.7 Å². The van der Waals surface area contributed by atoms with Crippen LogP contribution >= 0.6 is 8.73 Å². The van der Waals surface area contributed by atoms with Gasteiger partial charge in [0.25, 0.3) is 0 Å². The number of hydrogen-bond acceptors (Lipinski definition) is 2. The van der Waals surface area contributed by atoms with Crippen molar-refractivity contribution < 1.29 is 5.21 Å². The molecule has 0 saturated heterocycles. The Hall–Kier alpha value is 0.350. The fraction of sp³-hybridized carbons (Fsp3) is 1.00. The summed E-state index contributed by atoms with van der Waals surface area (Å²) in [5.41, 5.74) is -0.0901. The maximum Gasteiger partial charge on any atom is 0.0413 e. The minimum absolute atomic E-state index is 0.0901. The Morgan fingerprint density at radius 2 is 1.75 bits per heavy atom. The van der Waals surface area contributed by atoms with Crippen LogP contribution in [0.5, 0.6) is 0 Å². The molecule has 0 aromatic carbocycles. The van der Waals surface area contributed by atoms with Gasteiger partial charge in [-0.1, -0.05) is 0 Å². The molecule has 0 bridgehead atoms. The van der Waals surface area contributed by atoms with E-state index in [2.05, 4.69) is 0 Å². The predicted octanol–water partition coefficient (Wildman–Crippen LogP) is 1.70. The number of nitrogens with zero attached hydrogens (tertiary/aromatic N) is 1. The van der Waals surface area contributed by atoms with Crippen LogP contribution < -0.4 is 0 Å². The lowest BCUT2D eigenvalue weighted by atomic mass is 10.1. The van der Waals surface area contributed by atoms with E-state index >= 15 is 0 Å². The summed E-state index contributed by atoms with van der Waals surface area (Å²) in [6.07, 6.45) is 0. The molecule has 50 valence electrons. The maximum atomic E-state index is 9.04. The minimum Gasteiger partial charge on any atom is -0.310 e. The van der Waals surface area contributed by atoms with Crippen LogP contribution in [0.25, 0.3) is 0 Å². The molecule has 0 heterocycles. The number of rotatable bonds is 1. The van der Waals surface area contributed by atoms with Gasteiger partial charge in [-0.15, -0.1) is 0 Å². The topological polar surface area (TPSA) is 23.5 Å². The molecule has 3 heteroatoms. The van der Waals surface area contributed by atoms with Gasteiger partial charge in [-0.25, -0.2) is 0 Å². The summed E-state index contributed by atoms with van der Waals surface area (Å²) in [6.45, 7) is 7.88. The molecule has 8 heavy (non-hydrogen) atoms. The molecule has 1 N–H and O–H groups in total. The summed E-state index contributed by atoms with van der Waals surface area (Å²) in [4.78, 5) is 1.34. The third kappa shape index (κ3) is 2.61. The van der Waals surface area contributed by atoms with Crippen molar-refractivity contribution in [1.29, 1.82) is 0 Å². The fourth-order valence-corrected chi connectivity index (χ4v) is 1.01. The first-order valence-corrected chi connectivity index (χ1v) is 4.09. The van der Waals surface area contributed by atoms with Crippen LogP contribution in [0.1, 0.15) is 20.8 Å². The molecule has 0 aliphatic heterocycles. The molecular weight excluding hydrogens is 121 g/mol. The molecule has 1 atom stereocenters. The Bertz CT molecular complexity index is 69.3. The monoisotopic (exact) mass is 135 g/mol. The standard InChI is InChI=1S/C5H14NOP/c1-5(2,3)6(7)8-4/h7-8H,1-4H3. The lowest BCUT2D eigenvalue weighted by Crippen LogP contribution is -2.31. The zero-order chi connectivity index (χ0) is 6.78. The molecule has 0 saturated carbocycles. The average molecular weight is 135 g/mol. The maximum absolute atomic E-state index is 9.04. The molecule has 1 unspecified atom stereocenters. The van der Waals surface area contributed by atoms with Crippen LogP contribution in [0.2, 0.25) is 0 Å². The average Bonchev–Trinajstić information content (AvgIpc) is 1.62. The predicted molar refractivity (Wildman–Crippen MR) is 37.6 cm³/mol. The zero-order valence-electron chi connectivity index (χ0n) is 5.89. The van der Waals surface area contributed by atoms with Crippen molar-refractivity contribution >= 4 is 8.73 Å².